The molecule has 3 aromatic carbocycles. The number of aromatic nitrogens is 2. The summed E-state index contributed by atoms with van der Waals surface area (Å²) in [6.07, 6.45) is 1.22. The fourth-order valence-corrected chi connectivity index (χ4v) is 5.21. The van der Waals surface area contributed by atoms with Crippen LogP contribution in [-0.4, -0.2) is 22.0 Å². The van der Waals surface area contributed by atoms with E-state index in [0.717, 1.165) is 65.4 Å². The van der Waals surface area contributed by atoms with E-state index in [1.165, 1.54) is 6.07 Å². The Hall–Kier alpha value is -3.94. The van der Waals surface area contributed by atoms with Gasteiger partial charge < -0.3 is 10.1 Å². The molecule has 1 aliphatic rings. The number of alkyl halides is 3. The van der Waals surface area contributed by atoms with Gasteiger partial charge in [0.2, 0.25) is 0 Å². The van der Waals surface area contributed by atoms with Crippen molar-refractivity contribution >= 4 is 22.5 Å². The number of ether oxygens (including phenoxy) is 1. The molecule has 1 aliphatic carbocycles. The van der Waals surface area contributed by atoms with Gasteiger partial charge in [0.25, 0.3) is 5.91 Å². The van der Waals surface area contributed by atoms with Crippen molar-refractivity contribution in [3.05, 3.63) is 83.3 Å². The number of amides is 1. The Labute approximate surface area is 225 Å². The van der Waals surface area contributed by atoms with Crippen LogP contribution < -0.4 is 10.1 Å². The van der Waals surface area contributed by atoms with E-state index in [4.69, 9.17) is 4.74 Å². The smallest absolute Gasteiger partial charge is 0.416 e. The molecule has 202 valence electrons. The van der Waals surface area contributed by atoms with Crippen LogP contribution in [0.1, 0.15) is 59.9 Å². The quantitative estimate of drug-likeness (QED) is 0.272. The molecule has 1 heterocycles. The number of halogens is 3. The van der Waals surface area contributed by atoms with Gasteiger partial charge in [-0.05, 0) is 98.7 Å². The molecule has 1 amide bonds. The number of anilines is 1. The van der Waals surface area contributed by atoms with Gasteiger partial charge in [0, 0.05) is 17.3 Å². The summed E-state index contributed by atoms with van der Waals surface area (Å²) < 4.78 is 46.7. The third-order valence-corrected chi connectivity index (χ3v) is 7.43. The lowest BCUT2D eigenvalue weighted by molar-refractivity contribution is -0.137. The minimum absolute atomic E-state index is 0.143. The minimum Gasteiger partial charge on any atom is -0.490 e. The van der Waals surface area contributed by atoms with Gasteiger partial charge in [-0.2, -0.15) is 13.2 Å². The average molecular weight is 534 g/mol. The third kappa shape index (κ3) is 5.90. The first-order chi connectivity index (χ1) is 18.6. The van der Waals surface area contributed by atoms with Gasteiger partial charge in [-0.1, -0.05) is 25.0 Å². The molecule has 0 aliphatic heterocycles. The molecule has 5 rings (SSSR count). The van der Waals surface area contributed by atoms with E-state index in [2.05, 4.69) is 15.3 Å². The van der Waals surface area contributed by atoms with Crippen LogP contribution in [-0.2, 0) is 6.18 Å². The van der Waals surface area contributed by atoms with Gasteiger partial charge in [-0.15, -0.1) is 0 Å². The first kappa shape index (κ1) is 26.7. The van der Waals surface area contributed by atoms with Crippen LogP contribution in [0.2, 0.25) is 0 Å². The van der Waals surface area contributed by atoms with Crippen LogP contribution in [0.25, 0.3) is 22.0 Å². The topological polar surface area (TPSA) is 64.1 Å². The Kier molecular flexibility index (Phi) is 7.30. The molecule has 39 heavy (non-hydrogen) atoms. The molecule has 0 radical (unpaired) electrons. The molecule has 1 fully saturated rings. The monoisotopic (exact) mass is 533 g/mol. The minimum atomic E-state index is -4.58. The molecule has 1 aromatic heterocycles. The molecule has 1 saturated carbocycles. The van der Waals surface area contributed by atoms with Gasteiger partial charge in [-0.3, -0.25) is 4.79 Å². The largest absolute Gasteiger partial charge is 0.490 e. The molecular weight excluding hydrogens is 503 g/mol. The van der Waals surface area contributed by atoms with E-state index in [0.29, 0.717) is 17.4 Å². The van der Waals surface area contributed by atoms with Crippen LogP contribution in [0.5, 0.6) is 5.75 Å². The molecule has 0 saturated heterocycles. The number of nitrogens with one attached hydrogen (secondary N) is 1. The average Bonchev–Trinajstić information content (AvgIpc) is 3.44. The maximum atomic E-state index is 13.5. The lowest BCUT2D eigenvalue weighted by Crippen LogP contribution is -2.23. The van der Waals surface area contributed by atoms with E-state index in [1.54, 1.807) is 12.3 Å². The second kappa shape index (κ2) is 10.7. The summed E-state index contributed by atoms with van der Waals surface area (Å²) in [5, 5.41) is 3.67. The summed E-state index contributed by atoms with van der Waals surface area (Å²) in [5.74, 6) is 0.495. The molecule has 1 atom stereocenters. The highest BCUT2D eigenvalue weighted by Crippen LogP contribution is 2.36. The Morgan fingerprint density at radius 3 is 2.54 bits per heavy atom. The zero-order valence-corrected chi connectivity index (χ0v) is 22.1. The Morgan fingerprint density at radius 2 is 1.79 bits per heavy atom. The number of benzene rings is 3. The standard InChI is InChI=1S/C31H30F3N3O2/c1-18-8-11-25(16-26(18)22-9-12-28-23(14-22)17-35-20(3)36-28)37-30(38)27-15-24(31(32,33)34)10-13-29(27)39-19(2)21-6-4-5-7-21/h8-17,19,21H,4-7H2,1-3H3,(H,37,38)/t19-/m1/s1. The van der Waals surface area contributed by atoms with Gasteiger partial charge in [0.15, 0.2) is 0 Å². The van der Waals surface area contributed by atoms with Crippen molar-refractivity contribution in [2.75, 3.05) is 5.32 Å². The summed E-state index contributed by atoms with van der Waals surface area (Å²) >= 11 is 0. The SMILES string of the molecule is Cc1ncc2cc(-c3cc(NC(=O)c4cc(C(F)(F)F)ccc4O[C@H](C)C4CCCC4)ccc3C)ccc2n1. The van der Waals surface area contributed by atoms with E-state index >= 15 is 0 Å². The maximum Gasteiger partial charge on any atom is 0.416 e. The van der Waals surface area contributed by atoms with Crippen LogP contribution in [0.4, 0.5) is 18.9 Å². The van der Waals surface area contributed by atoms with Crippen LogP contribution in [0, 0.1) is 19.8 Å². The predicted molar refractivity (Wildman–Crippen MR) is 146 cm³/mol. The van der Waals surface area contributed by atoms with Gasteiger partial charge in [0.1, 0.15) is 11.6 Å². The summed E-state index contributed by atoms with van der Waals surface area (Å²) in [4.78, 5) is 22.1. The number of aryl methyl sites for hydroxylation is 2. The first-order valence-corrected chi connectivity index (χ1v) is 13.1. The third-order valence-electron chi connectivity index (χ3n) is 7.43. The normalized spacial score (nSPS) is 14.9. The van der Waals surface area contributed by atoms with Gasteiger partial charge >= 0.3 is 6.18 Å². The second-order valence-electron chi connectivity index (χ2n) is 10.3. The van der Waals surface area contributed by atoms with Gasteiger partial charge in [-0.25, -0.2) is 9.97 Å². The van der Waals surface area contributed by atoms with E-state index < -0.39 is 17.6 Å². The van der Waals surface area contributed by atoms with Crippen molar-refractivity contribution in [3.8, 4) is 16.9 Å². The Morgan fingerprint density at radius 1 is 1.03 bits per heavy atom. The number of hydrogen-bond donors (Lipinski definition) is 1. The molecule has 0 spiro atoms. The fourth-order valence-electron chi connectivity index (χ4n) is 5.21. The highest BCUT2D eigenvalue weighted by Gasteiger charge is 2.33. The van der Waals surface area contributed by atoms with E-state index in [1.807, 2.05) is 51.1 Å². The predicted octanol–water partition coefficient (Wildman–Crippen LogP) is 8.14. The van der Waals surface area contributed by atoms with E-state index in [-0.39, 0.29) is 17.4 Å². The molecule has 4 aromatic rings. The van der Waals surface area contributed by atoms with Crippen molar-refractivity contribution in [2.24, 2.45) is 5.92 Å². The number of hydrogen-bond acceptors (Lipinski definition) is 4. The molecule has 8 heteroatoms. The number of nitrogens with zero attached hydrogens (tertiary/aromatic N) is 2. The fraction of sp³-hybridized carbons (Fsp3) is 0.323. The van der Waals surface area contributed by atoms with Crippen molar-refractivity contribution in [1.82, 2.24) is 9.97 Å². The van der Waals surface area contributed by atoms with Crippen LogP contribution in [0.15, 0.2) is 60.8 Å². The number of carbonyl (C=O) groups is 1. The summed E-state index contributed by atoms with van der Waals surface area (Å²) in [6, 6.07) is 14.3. The Balaban J connectivity index is 1.45. The Bertz CT molecular complexity index is 1530. The number of rotatable bonds is 6. The summed E-state index contributed by atoms with van der Waals surface area (Å²) in [7, 11) is 0. The van der Waals surface area contributed by atoms with Crippen molar-refractivity contribution < 1.29 is 22.7 Å². The van der Waals surface area contributed by atoms with Crippen molar-refractivity contribution in [3.63, 3.8) is 0 Å². The molecule has 0 unspecified atom stereocenters. The highest BCUT2D eigenvalue weighted by atomic mass is 19.4. The molecule has 5 nitrogen and oxygen atoms in total. The lowest BCUT2D eigenvalue weighted by Gasteiger charge is -2.23. The molecule has 1 N–H and O–H groups in total. The zero-order chi connectivity index (χ0) is 27.7. The van der Waals surface area contributed by atoms with Crippen molar-refractivity contribution in [2.45, 2.75) is 58.7 Å². The summed E-state index contributed by atoms with van der Waals surface area (Å²) in [5.41, 5.74) is 3.03. The maximum absolute atomic E-state index is 13.5. The van der Waals surface area contributed by atoms with Crippen LogP contribution >= 0.6 is 0 Å². The first-order valence-electron chi connectivity index (χ1n) is 13.1. The van der Waals surface area contributed by atoms with Gasteiger partial charge in [0.05, 0.1) is 22.7 Å². The van der Waals surface area contributed by atoms with Crippen molar-refractivity contribution in [1.29, 1.82) is 0 Å². The lowest BCUT2D eigenvalue weighted by atomic mass is 9.98. The van der Waals surface area contributed by atoms with E-state index in [9.17, 15) is 18.0 Å². The van der Waals surface area contributed by atoms with Crippen LogP contribution in [0.3, 0.4) is 0 Å². The number of fused-ring (bicyclic) bond motifs is 1. The highest BCUT2D eigenvalue weighted by molar-refractivity contribution is 6.06. The molecule has 0 bridgehead atoms. The summed E-state index contributed by atoms with van der Waals surface area (Å²) in [6.45, 7) is 5.71. The second-order valence-corrected chi connectivity index (χ2v) is 10.3. The zero-order valence-electron chi connectivity index (χ0n) is 22.1. The number of carbonyl (C=O) groups excluding carboxylic acids is 1. The molecular formula is C31H30F3N3O2.